The van der Waals surface area contributed by atoms with Crippen molar-refractivity contribution in [3.8, 4) is 5.75 Å². The molecule has 0 aromatic heterocycles. The van der Waals surface area contributed by atoms with Gasteiger partial charge in [-0.1, -0.05) is 6.07 Å². The fourth-order valence-electron chi connectivity index (χ4n) is 1.47. The van der Waals surface area contributed by atoms with Crippen LogP contribution in [0.1, 0.15) is 12.0 Å². The predicted octanol–water partition coefficient (Wildman–Crippen LogP) is 2.43. The van der Waals surface area contributed by atoms with E-state index >= 15 is 0 Å². The maximum Gasteiger partial charge on any atom is 0.418 e. The van der Waals surface area contributed by atoms with Gasteiger partial charge in [0.2, 0.25) is 5.91 Å². The van der Waals surface area contributed by atoms with Crippen LogP contribution in [0.4, 0.5) is 18.9 Å². The van der Waals surface area contributed by atoms with Crippen molar-refractivity contribution >= 4 is 11.6 Å². The molecular weight excluding hydrogens is 223 g/mol. The number of para-hydroxylation sites is 1. The van der Waals surface area contributed by atoms with Gasteiger partial charge in [0.05, 0.1) is 24.3 Å². The van der Waals surface area contributed by atoms with Crippen molar-refractivity contribution in [3.05, 3.63) is 23.8 Å². The summed E-state index contributed by atoms with van der Waals surface area (Å²) in [5, 5.41) is 2.21. The number of fused-ring (bicyclic) bond motifs is 1. The van der Waals surface area contributed by atoms with Gasteiger partial charge in [0, 0.05) is 0 Å². The molecule has 0 spiro atoms. The second-order valence-electron chi connectivity index (χ2n) is 3.32. The number of anilines is 1. The highest BCUT2D eigenvalue weighted by molar-refractivity contribution is 5.94. The molecule has 0 fully saturated rings. The molecule has 0 saturated carbocycles. The molecule has 1 aliphatic heterocycles. The Morgan fingerprint density at radius 3 is 2.75 bits per heavy atom. The maximum absolute atomic E-state index is 12.6. The van der Waals surface area contributed by atoms with Crippen LogP contribution in [0.3, 0.4) is 0 Å². The van der Waals surface area contributed by atoms with Crippen LogP contribution in [0.25, 0.3) is 0 Å². The van der Waals surface area contributed by atoms with Gasteiger partial charge in [0.15, 0.2) is 0 Å². The first-order valence-corrected chi connectivity index (χ1v) is 4.61. The van der Waals surface area contributed by atoms with E-state index in [1.54, 1.807) is 0 Å². The Kier molecular flexibility index (Phi) is 2.49. The number of amides is 1. The van der Waals surface area contributed by atoms with Crippen molar-refractivity contribution in [2.75, 3.05) is 11.9 Å². The van der Waals surface area contributed by atoms with E-state index in [2.05, 4.69) is 5.32 Å². The molecule has 3 nitrogen and oxygen atoms in total. The van der Waals surface area contributed by atoms with E-state index in [0.717, 1.165) is 6.07 Å². The SMILES string of the molecule is O=C1CCOc2cccc(C(F)(F)F)c2N1. The van der Waals surface area contributed by atoms with Gasteiger partial charge >= 0.3 is 6.18 Å². The van der Waals surface area contributed by atoms with E-state index in [9.17, 15) is 18.0 Å². The maximum atomic E-state index is 12.6. The molecule has 1 amide bonds. The van der Waals surface area contributed by atoms with Gasteiger partial charge in [0.1, 0.15) is 5.75 Å². The Hall–Kier alpha value is -1.72. The van der Waals surface area contributed by atoms with Crippen molar-refractivity contribution in [2.45, 2.75) is 12.6 Å². The van der Waals surface area contributed by atoms with Crippen LogP contribution in [0.5, 0.6) is 5.75 Å². The van der Waals surface area contributed by atoms with E-state index in [0.29, 0.717) is 0 Å². The Morgan fingerprint density at radius 1 is 1.31 bits per heavy atom. The third-order valence-corrected chi connectivity index (χ3v) is 2.18. The number of benzene rings is 1. The number of alkyl halides is 3. The zero-order chi connectivity index (χ0) is 11.8. The molecule has 6 heteroatoms. The lowest BCUT2D eigenvalue weighted by Gasteiger charge is -2.14. The Labute approximate surface area is 89.2 Å². The molecule has 1 aromatic carbocycles. The second kappa shape index (κ2) is 3.70. The third kappa shape index (κ3) is 1.95. The fraction of sp³-hybridized carbons (Fsp3) is 0.300. The molecule has 0 saturated heterocycles. The molecule has 0 atom stereocenters. The average Bonchev–Trinajstić information content (AvgIpc) is 2.36. The summed E-state index contributed by atoms with van der Waals surface area (Å²) in [6.45, 7) is 0.0835. The summed E-state index contributed by atoms with van der Waals surface area (Å²) < 4.78 is 43.0. The highest BCUT2D eigenvalue weighted by Gasteiger charge is 2.35. The van der Waals surface area contributed by atoms with Crippen LogP contribution in [0.15, 0.2) is 18.2 Å². The largest absolute Gasteiger partial charge is 0.491 e. The number of ether oxygens (including phenoxy) is 1. The summed E-state index contributed by atoms with van der Waals surface area (Å²) in [6, 6.07) is 3.56. The second-order valence-corrected chi connectivity index (χ2v) is 3.32. The number of carbonyl (C=O) groups excluding carboxylic acids is 1. The molecule has 1 heterocycles. The molecule has 86 valence electrons. The van der Waals surface area contributed by atoms with Crippen molar-refractivity contribution in [2.24, 2.45) is 0 Å². The van der Waals surface area contributed by atoms with Crippen molar-refractivity contribution in [1.82, 2.24) is 0 Å². The molecule has 1 aliphatic rings. The molecular formula is C10H8F3NO2. The Balaban J connectivity index is 2.53. The fourth-order valence-corrected chi connectivity index (χ4v) is 1.47. The summed E-state index contributed by atoms with van der Waals surface area (Å²) in [4.78, 5) is 11.2. The van der Waals surface area contributed by atoms with Gasteiger partial charge in [-0.25, -0.2) is 0 Å². The number of carbonyl (C=O) groups is 1. The summed E-state index contributed by atoms with van der Waals surface area (Å²) in [6.07, 6.45) is -4.46. The van der Waals surface area contributed by atoms with Gasteiger partial charge in [0.25, 0.3) is 0 Å². The lowest BCUT2D eigenvalue weighted by molar-refractivity contribution is -0.137. The van der Waals surface area contributed by atoms with Crippen LogP contribution in [0.2, 0.25) is 0 Å². The first-order valence-electron chi connectivity index (χ1n) is 4.61. The minimum Gasteiger partial charge on any atom is -0.491 e. The highest BCUT2D eigenvalue weighted by Crippen LogP contribution is 2.40. The molecule has 0 unspecified atom stereocenters. The number of hydrogen-bond acceptors (Lipinski definition) is 2. The Bertz CT molecular complexity index is 429. The monoisotopic (exact) mass is 231 g/mol. The van der Waals surface area contributed by atoms with Gasteiger partial charge in [-0.3, -0.25) is 4.79 Å². The average molecular weight is 231 g/mol. The predicted molar refractivity (Wildman–Crippen MR) is 50.2 cm³/mol. The minimum absolute atomic E-state index is 0.0476. The van der Waals surface area contributed by atoms with Crippen LogP contribution < -0.4 is 10.1 Å². The third-order valence-electron chi connectivity index (χ3n) is 2.18. The number of nitrogens with one attached hydrogen (secondary N) is 1. The summed E-state index contributed by atoms with van der Waals surface area (Å²) in [7, 11) is 0. The topological polar surface area (TPSA) is 38.3 Å². The molecule has 1 aromatic rings. The molecule has 2 rings (SSSR count). The van der Waals surface area contributed by atoms with Crippen molar-refractivity contribution < 1.29 is 22.7 Å². The van der Waals surface area contributed by atoms with E-state index in [1.807, 2.05) is 0 Å². The normalized spacial score (nSPS) is 15.8. The van der Waals surface area contributed by atoms with Crippen molar-refractivity contribution in [1.29, 1.82) is 0 Å². The van der Waals surface area contributed by atoms with E-state index < -0.39 is 17.6 Å². The zero-order valence-corrected chi connectivity index (χ0v) is 8.10. The Morgan fingerprint density at radius 2 is 2.06 bits per heavy atom. The standard InChI is InChI=1S/C10H8F3NO2/c11-10(12,13)6-2-1-3-7-9(6)14-8(15)4-5-16-7/h1-3H,4-5H2,(H,14,15). The van der Waals surface area contributed by atoms with Gasteiger partial charge in [-0.05, 0) is 12.1 Å². The lowest BCUT2D eigenvalue weighted by atomic mass is 10.1. The summed E-state index contributed by atoms with van der Waals surface area (Å²) in [5.74, 6) is -0.420. The number of rotatable bonds is 0. The van der Waals surface area contributed by atoms with Gasteiger partial charge in [-0.15, -0.1) is 0 Å². The number of hydrogen-bond donors (Lipinski definition) is 1. The molecule has 0 radical (unpaired) electrons. The quantitative estimate of drug-likeness (QED) is 0.744. The molecule has 1 N–H and O–H groups in total. The van der Waals surface area contributed by atoms with E-state index in [1.165, 1.54) is 12.1 Å². The summed E-state index contributed by atoms with van der Waals surface area (Å²) in [5.41, 5.74) is -1.18. The van der Waals surface area contributed by atoms with Crippen LogP contribution in [0, 0.1) is 0 Å². The van der Waals surface area contributed by atoms with Gasteiger partial charge in [-0.2, -0.15) is 13.2 Å². The first kappa shape index (κ1) is 10.8. The molecule has 0 aliphatic carbocycles. The van der Waals surface area contributed by atoms with Crippen LogP contribution in [-0.4, -0.2) is 12.5 Å². The van der Waals surface area contributed by atoms with Gasteiger partial charge < -0.3 is 10.1 Å². The number of halogens is 3. The molecule has 16 heavy (non-hydrogen) atoms. The minimum atomic E-state index is -4.51. The van der Waals surface area contributed by atoms with Crippen molar-refractivity contribution in [3.63, 3.8) is 0 Å². The van der Waals surface area contributed by atoms with E-state index in [4.69, 9.17) is 4.74 Å². The highest BCUT2D eigenvalue weighted by atomic mass is 19.4. The zero-order valence-electron chi connectivity index (χ0n) is 8.10. The smallest absolute Gasteiger partial charge is 0.418 e. The molecule has 0 bridgehead atoms. The lowest BCUT2D eigenvalue weighted by Crippen LogP contribution is -2.15. The van der Waals surface area contributed by atoms with Crippen LogP contribution >= 0.6 is 0 Å². The summed E-state index contributed by atoms with van der Waals surface area (Å²) >= 11 is 0. The van der Waals surface area contributed by atoms with E-state index in [-0.39, 0.29) is 24.5 Å². The van der Waals surface area contributed by atoms with Crippen LogP contribution in [-0.2, 0) is 11.0 Å². The first-order chi connectivity index (χ1) is 7.48.